The second kappa shape index (κ2) is 16.5. The van der Waals surface area contributed by atoms with Gasteiger partial charge in [-0.1, -0.05) is 198 Å². The summed E-state index contributed by atoms with van der Waals surface area (Å²) in [7, 11) is 0. The van der Waals surface area contributed by atoms with Gasteiger partial charge in [0.1, 0.15) is 0 Å². The highest BCUT2D eigenvalue weighted by molar-refractivity contribution is 7.00. The van der Waals surface area contributed by atoms with E-state index in [2.05, 4.69) is 178 Å². The molecule has 4 heteroatoms. The van der Waals surface area contributed by atoms with Crippen LogP contribution in [0.5, 0.6) is 0 Å². The molecular weight excluding hydrogens is 822 g/mol. The second-order valence-corrected chi connectivity index (χ2v) is 22.7. The summed E-state index contributed by atoms with van der Waals surface area (Å²) in [4.78, 5) is 6.46. The monoisotopic (exact) mass is 894 g/mol. The topological polar surface area (TPSA) is 9.72 Å². The Morgan fingerprint density at radius 3 is 1.26 bits per heavy atom. The average Bonchev–Trinajstić information content (AvgIpc) is 3.34. The summed E-state index contributed by atoms with van der Waals surface area (Å²) >= 11 is 0. The fourth-order valence-corrected chi connectivity index (χ4v) is 9.72. The maximum Gasteiger partial charge on any atom is 0.252 e. The third kappa shape index (κ3) is 8.02. The molecule has 0 bridgehead atoms. The van der Waals surface area contributed by atoms with E-state index >= 15 is 0 Å². The van der Waals surface area contributed by atoms with Crippen molar-refractivity contribution in [1.82, 2.24) is 0 Å². The Labute approximate surface area is 415 Å². The number of rotatable bonds is 6. The first-order valence-corrected chi connectivity index (χ1v) is 24.1. The van der Waals surface area contributed by atoms with Crippen molar-refractivity contribution >= 4 is 74.3 Å². The Balaban J connectivity index is 1.44. The van der Waals surface area contributed by atoms with Crippen LogP contribution in [0.15, 0.2) is 182 Å². The van der Waals surface area contributed by atoms with Crippen molar-refractivity contribution in [3.05, 3.63) is 204 Å². The zero-order valence-corrected chi connectivity index (χ0v) is 41.8. The van der Waals surface area contributed by atoms with Crippen LogP contribution in [0.3, 0.4) is 0 Å². The van der Waals surface area contributed by atoms with Crippen molar-refractivity contribution in [2.24, 2.45) is 0 Å². The number of nitrogens with zero attached hydrogens (tertiary/aromatic N) is 3. The molecule has 0 amide bonds. The molecule has 340 valence electrons. The molecule has 2 aliphatic heterocycles. The van der Waals surface area contributed by atoms with Gasteiger partial charge in [0.05, 0.1) is 19.6 Å². The molecule has 0 radical (unpaired) electrons. The molecule has 0 aromatic heterocycles. The lowest BCUT2D eigenvalue weighted by Gasteiger charge is -2.45. The van der Waals surface area contributed by atoms with Crippen molar-refractivity contribution < 1.29 is 8.22 Å². The lowest BCUT2D eigenvalue weighted by atomic mass is 9.33. The lowest BCUT2D eigenvalue weighted by Crippen LogP contribution is -2.61. The van der Waals surface area contributed by atoms with Crippen molar-refractivity contribution in [2.75, 3.05) is 14.7 Å². The summed E-state index contributed by atoms with van der Waals surface area (Å²) < 4.78 is 61.2. The van der Waals surface area contributed by atoms with Crippen LogP contribution in [-0.4, -0.2) is 6.71 Å². The predicted octanol–water partition coefficient (Wildman–Crippen LogP) is 16.1. The summed E-state index contributed by atoms with van der Waals surface area (Å²) in [6.45, 7) is 24.3. The molecule has 0 fully saturated rings. The molecule has 0 unspecified atom stereocenters. The standard InChI is InChI=1S/C64H66BN3/c1-61(2,3)44-27-33-49(34-28-44)67-56-37-31-46(63(7,8)9)39-53(56)65-54-40-47(64(10,11)12)32-38-57(54)68(50-35-29-45(30-36-50)62(4,5)6)59-42-51(41-58(67)60(59)65)66(48-23-17-14-18-24-48)55-26-20-19-25-52(55)43-21-15-13-16-22-43/h13-42H,1-12H3/i31D,32D,37D,38D,39D,40D. The minimum absolute atomic E-state index is 0.0131. The maximum atomic E-state index is 10.5. The number of para-hydroxylation sites is 2. The van der Waals surface area contributed by atoms with E-state index in [4.69, 9.17) is 0 Å². The van der Waals surface area contributed by atoms with Gasteiger partial charge >= 0.3 is 0 Å². The first-order chi connectivity index (χ1) is 34.8. The van der Waals surface area contributed by atoms with E-state index in [-0.39, 0.29) is 47.1 Å². The summed E-state index contributed by atoms with van der Waals surface area (Å²) in [6.07, 6.45) is 0. The van der Waals surface area contributed by atoms with Crippen LogP contribution in [0, 0.1) is 0 Å². The quantitative estimate of drug-likeness (QED) is 0.154. The van der Waals surface area contributed by atoms with Gasteiger partial charge in [0.25, 0.3) is 6.71 Å². The molecule has 0 saturated carbocycles. The van der Waals surface area contributed by atoms with E-state index in [1.165, 1.54) is 0 Å². The third-order valence-corrected chi connectivity index (χ3v) is 13.5. The Morgan fingerprint density at radius 1 is 0.412 bits per heavy atom. The molecule has 8 aromatic carbocycles. The molecule has 2 heterocycles. The highest BCUT2D eigenvalue weighted by atomic mass is 15.2. The van der Waals surface area contributed by atoms with Crippen molar-refractivity contribution in [3.8, 4) is 11.1 Å². The third-order valence-electron chi connectivity index (χ3n) is 13.5. The minimum Gasteiger partial charge on any atom is -0.311 e. The van der Waals surface area contributed by atoms with Gasteiger partial charge in [-0.2, -0.15) is 0 Å². The molecule has 0 saturated heterocycles. The normalized spacial score (nSPS) is 14.7. The van der Waals surface area contributed by atoms with Gasteiger partial charge in [0.2, 0.25) is 0 Å². The minimum atomic E-state index is -0.840. The van der Waals surface area contributed by atoms with Crippen molar-refractivity contribution in [2.45, 2.75) is 105 Å². The van der Waals surface area contributed by atoms with E-state index in [1.54, 1.807) is 0 Å². The van der Waals surface area contributed by atoms with Crippen LogP contribution in [-0.2, 0) is 21.7 Å². The van der Waals surface area contributed by atoms with Crippen LogP contribution in [0.25, 0.3) is 11.1 Å². The summed E-state index contributed by atoms with van der Waals surface area (Å²) in [5.41, 5.74) is 11.8. The van der Waals surface area contributed by atoms with Gasteiger partial charge in [-0.15, -0.1) is 0 Å². The molecule has 3 nitrogen and oxygen atoms in total. The van der Waals surface area contributed by atoms with E-state index in [0.717, 1.165) is 67.5 Å². The zero-order chi connectivity index (χ0) is 53.1. The molecule has 2 aliphatic rings. The number of hydrogen-bond acceptors (Lipinski definition) is 3. The van der Waals surface area contributed by atoms with E-state index < -0.39 is 17.5 Å². The van der Waals surface area contributed by atoms with Crippen LogP contribution in [0.2, 0.25) is 0 Å². The molecule has 10 rings (SSSR count). The highest BCUT2D eigenvalue weighted by Crippen LogP contribution is 2.50. The Kier molecular flexibility index (Phi) is 9.26. The smallest absolute Gasteiger partial charge is 0.252 e. The van der Waals surface area contributed by atoms with Gasteiger partial charge in [-0.3, -0.25) is 0 Å². The fourth-order valence-electron chi connectivity index (χ4n) is 9.72. The van der Waals surface area contributed by atoms with Crippen LogP contribution in [0.1, 0.15) is 114 Å². The summed E-state index contributed by atoms with van der Waals surface area (Å²) in [6, 6.07) is 50.6. The second-order valence-electron chi connectivity index (χ2n) is 22.7. The summed E-state index contributed by atoms with van der Waals surface area (Å²) in [5, 5.41) is 0. The van der Waals surface area contributed by atoms with Gasteiger partial charge in [0.15, 0.2) is 0 Å². The van der Waals surface area contributed by atoms with Crippen molar-refractivity contribution in [1.29, 1.82) is 0 Å². The van der Waals surface area contributed by atoms with E-state index in [1.807, 2.05) is 65.8 Å². The number of benzene rings is 8. The number of hydrogen-bond donors (Lipinski definition) is 0. The summed E-state index contributed by atoms with van der Waals surface area (Å²) in [5.74, 6) is 0. The van der Waals surface area contributed by atoms with Crippen LogP contribution in [0.4, 0.5) is 51.2 Å². The van der Waals surface area contributed by atoms with Gasteiger partial charge in [0, 0.05) is 45.4 Å². The predicted molar refractivity (Wildman–Crippen MR) is 295 cm³/mol. The van der Waals surface area contributed by atoms with Gasteiger partial charge in [-0.05, 0) is 133 Å². The Morgan fingerprint density at radius 2 is 0.824 bits per heavy atom. The van der Waals surface area contributed by atoms with E-state index in [0.29, 0.717) is 33.4 Å². The Bertz CT molecular complexity index is 3330. The van der Waals surface area contributed by atoms with E-state index in [9.17, 15) is 8.22 Å². The molecule has 8 aromatic rings. The Hall–Kier alpha value is -6.78. The zero-order valence-electron chi connectivity index (χ0n) is 47.8. The average molecular weight is 894 g/mol. The maximum absolute atomic E-state index is 10.5. The van der Waals surface area contributed by atoms with Crippen LogP contribution < -0.4 is 31.1 Å². The SMILES string of the molecule is [2H]c1c([2H])c(C(C)(C)C)c([2H])c2c1N(c1ccc(C(C)(C)C)cc1)c1cc(N(c3ccccc3)c3ccccc3-c3ccccc3)cc3c1B2c1c([2H])c(C(C)(C)C)c([2H])c([2H])c1N3c1ccc(C(C)(C)C)cc1. The molecule has 0 aliphatic carbocycles. The largest absolute Gasteiger partial charge is 0.311 e. The highest BCUT2D eigenvalue weighted by Gasteiger charge is 2.45. The first kappa shape index (κ1) is 38.2. The lowest BCUT2D eigenvalue weighted by molar-refractivity contribution is 0.590. The van der Waals surface area contributed by atoms with Gasteiger partial charge < -0.3 is 14.7 Å². The number of anilines is 9. The molecular formula is C64H66BN3. The first-order valence-electron chi connectivity index (χ1n) is 27.1. The van der Waals surface area contributed by atoms with Gasteiger partial charge in [-0.25, -0.2) is 0 Å². The molecule has 0 atom stereocenters. The molecule has 0 N–H and O–H groups in total. The number of fused-ring (bicyclic) bond motifs is 4. The molecule has 0 spiro atoms. The van der Waals surface area contributed by atoms with Crippen LogP contribution >= 0.6 is 0 Å². The fraction of sp³-hybridized carbons (Fsp3) is 0.250. The molecule has 68 heavy (non-hydrogen) atoms. The van der Waals surface area contributed by atoms with Crippen molar-refractivity contribution in [3.63, 3.8) is 0 Å².